The molecule has 1 heterocycles. The summed E-state index contributed by atoms with van der Waals surface area (Å²) in [4.78, 5) is 17.0. The number of fused-ring (bicyclic) bond motifs is 1. The zero-order valence-electron chi connectivity index (χ0n) is 18.7. The number of imidazole rings is 1. The number of hydrogen-bond acceptors (Lipinski definition) is 5. The first-order valence-corrected chi connectivity index (χ1v) is 10.6. The molecular formula is C23H30F2N6O. The summed E-state index contributed by atoms with van der Waals surface area (Å²) in [5, 5.41) is 9.25. The van der Waals surface area contributed by atoms with Gasteiger partial charge in [0.05, 0.1) is 23.2 Å². The number of anilines is 2. The van der Waals surface area contributed by atoms with Gasteiger partial charge in [0.25, 0.3) is 0 Å². The molecule has 32 heavy (non-hydrogen) atoms. The molecule has 3 aromatic rings. The number of nitrogens with one attached hydrogen (secondary N) is 3. The summed E-state index contributed by atoms with van der Waals surface area (Å²) in [6.07, 6.45) is 2.92. The highest BCUT2D eigenvalue weighted by Gasteiger charge is 2.18. The van der Waals surface area contributed by atoms with Gasteiger partial charge in [-0.1, -0.05) is 6.07 Å². The van der Waals surface area contributed by atoms with Crippen LogP contribution in [0.3, 0.4) is 0 Å². The lowest BCUT2D eigenvalue weighted by atomic mass is 10.1. The molecule has 0 saturated heterocycles. The number of aryl methyl sites for hydroxylation is 2. The van der Waals surface area contributed by atoms with E-state index >= 15 is 4.39 Å². The summed E-state index contributed by atoms with van der Waals surface area (Å²) in [6.45, 7) is 4.95. The Hall–Kier alpha value is -3.04. The molecule has 0 unspecified atom stereocenters. The molecule has 0 atom stereocenters. The lowest BCUT2D eigenvalue weighted by molar-refractivity contribution is -0.118. The average molecular weight is 445 g/mol. The van der Waals surface area contributed by atoms with Crippen molar-refractivity contribution in [3.8, 4) is 0 Å². The molecule has 0 bridgehead atoms. The molecule has 3 N–H and O–H groups in total. The lowest BCUT2D eigenvalue weighted by Gasteiger charge is -2.18. The molecule has 3 rings (SSSR count). The van der Waals surface area contributed by atoms with Gasteiger partial charge in [-0.25, -0.2) is 13.8 Å². The van der Waals surface area contributed by atoms with E-state index in [2.05, 4.69) is 20.9 Å². The molecule has 0 saturated carbocycles. The minimum Gasteiger partial charge on any atom is -0.350 e. The van der Waals surface area contributed by atoms with Gasteiger partial charge >= 0.3 is 0 Å². The number of carbonyl (C=O) groups excluding carboxylic acids is 1. The Morgan fingerprint density at radius 2 is 1.94 bits per heavy atom. The van der Waals surface area contributed by atoms with E-state index in [9.17, 15) is 9.18 Å². The van der Waals surface area contributed by atoms with Crippen molar-refractivity contribution < 1.29 is 13.6 Å². The van der Waals surface area contributed by atoms with Crippen LogP contribution in [0.4, 0.5) is 20.2 Å². The van der Waals surface area contributed by atoms with E-state index in [1.54, 1.807) is 34.9 Å². The Morgan fingerprint density at radius 1 is 1.16 bits per heavy atom. The normalized spacial score (nSPS) is 11.2. The van der Waals surface area contributed by atoms with Gasteiger partial charge in [0.1, 0.15) is 11.3 Å². The van der Waals surface area contributed by atoms with Crippen LogP contribution >= 0.6 is 0 Å². The third kappa shape index (κ3) is 5.60. The predicted molar refractivity (Wildman–Crippen MR) is 123 cm³/mol. The molecule has 0 aliphatic heterocycles. The zero-order chi connectivity index (χ0) is 23.1. The number of nitrogens with zero attached hydrogens (tertiary/aromatic N) is 3. The van der Waals surface area contributed by atoms with E-state index in [0.717, 1.165) is 18.5 Å². The largest absolute Gasteiger partial charge is 0.350 e. The second-order valence-corrected chi connectivity index (χ2v) is 7.80. The van der Waals surface area contributed by atoms with Crippen LogP contribution < -0.4 is 16.0 Å². The van der Waals surface area contributed by atoms with E-state index in [1.165, 1.54) is 6.07 Å². The third-order valence-corrected chi connectivity index (χ3v) is 5.37. The smallest absolute Gasteiger partial charge is 0.209 e. The van der Waals surface area contributed by atoms with Crippen molar-refractivity contribution in [3.63, 3.8) is 0 Å². The summed E-state index contributed by atoms with van der Waals surface area (Å²) < 4.78 is 31.5. The molecule has 2 aromatic carbocycles. The second-order valence-electron chi connectivity index (χ2n) is 7.80. The van der Waals surface area contributed by atoms with Crippen molar-refractivity contribution in [3.05, 3.63) is 53.4 Å². The predicted octanol–water partition coefficient (Wildman–Crippen LogP) is 2.71. The van der Waals surface area contributed by atoms with E-state index in [1.807, 2.05) is 20.2 Å². The van der Waals surface area contributed by atoms with Gasteiger partial charge < -0.3 is 25.4 Å². The second kappa shape index (κ2) is 11.0. The van der Waals surface area contributed by atoms with Gasteiger partial charge in [-0.2, -0.15) is 0 Å². The van der Waals surface area contributed by atoms with Crippen LogP contribution in [0, 0.1) is 18.6 Å². The van der Waals surface area contributed by atoms with Crippen LogP contribution in [0.5, 0.6) is 0 Å². The number of rotatable bonds is 12. The summed E-state index contributed by atoms with van der Waals surface area (Å²) in [5.74, 6) is -0.942. The van der Waals surface area contributed by atoms with E-state index < -0.39 is 11.6 Å². The van der Waals surface area contributed by atoms with E-state index in [4.69, 9.17) is 0 Å². The van der Waals surface area contributed by atoms with Gasteiger partial charge in [-0.3, -0.25) is 4.79 Å². The molecule has 9 heteroatoms. The molecule has 0 aliphatic carbocycles. The standard InChI is InChI=1S/C23H30F2N6O/c1-16-4-5-19(18(24)12-16)29-22-17(13-20-23(21(22)25)28-14-30(20)3)6-7-27-9-11-31(15-32)10-8-26-2/h4-5,12-15,26-27,29H,6-11H2,1-3H3. The van der Waals surface area contributed by atoms with Crippen LogP contribution in [-0.4, -0.2) is 60.6 Å². The highest BCUT2D eigenvalue weighted by Crippen LogP contribution is 2.31. The molecule has 1 aromatic heterocycles. The quantitative estimate of drug-likeness (QED) is 0.296. The summed E-state index contributed by atoms with van der Waals surface area (Å²) in [6, 6.07) is 6.67. The van der Waals surface area contributed by atoms with Crippen LogP contribution in [0.2, 0.25) is 0 Å². The van der Waals surface area contributed by atoms with E-state index in [-0.39, 0.29) is 16.9 Å². The third-order valence-electron chi connectivity index (χ3n) is 5.37. The van der Waals surface area contributed by atoms with Crippen molar-refractivity contribution in [2.75, 3.05) is 45.1 Å². The maximum atomic E-state index is 15.4. The molecule has 0 spiro atoms. The summed E-state index contributed by atoms with van der Waals surface area (Å²) in [5.41, 5.74) is 2.86. The molecular weight excluding hydrogens is 414 g/mol. The Labute approximate surface area is 186 Å². The molecule has 172 valence electrons. The van der Waals surface area contributed by atoms with Crippen molar-refractivity contribution in [2.24, 2.45) is 7.05 Å². The molecule has 1 amide bonds. The Balaban J connectivity index is 1.75. The average Bonchev–Trinajstić information content (AvgIpc) is 3.14. The highest BCUT2D eigenvalue weighted by molar-refractivity contribution is 5.84. The van der Waals surface area contributed by atoms with Crippen molar-refractivity contribution in [1.29, 1.82) is 0 Å². The zero-order valence-corrected chi connectivity index (χ0v) is 18.7. The maximum Gasteiger partial charge on any atom is 0.209 e. The monoisotopic (exact) mass is 444 g/mol. The number of hydrogen-bond donors (Lipinski definition) is 3. The first-order chi connectivity index (χ1) is 15.4. The molecule has 7 nitrogen and oxygen atoms in total. The van der Waals surface area contributed by atoms with Crippen LogP contribution in [-0.2, 0) is 18.3 Å². The topological polar surface area (TPSA) is 74.2 Å². The van der Waals surface area contributed by atoms with Crippen molar-refractivity contribution in [1.82, 2.24) is 25.1 Å². The Bertz CT molecular complexity index is 1070. The minimum absolute atomic E-state index is 0.213. The van der Waals surface area contributed by atoms with Gasteiger partial charge in [0.2, 0.25) is 6.41 Å². The molecule has 0 aliphatic rings. The number of aromatic nitrogens is 2. The fourth-order valence-corrected chi connectivity index (χ4v) is 3.51. The number of amides is 1. The first-order valence-electron chi connectivity index (χ1n) is 10.6. The number of benzene rings is 2. The number of halogens is 2. The highest BCUT2D eigenvalue weighted by atomic mass is 19.1. The fraction of sp³-hybridized carbons (Fsp3) is 0.391. The van der Waals surface area contributed by atoms with Gasteiger partial charge in [0.15, 0.2) is 5.82 Å². The summed E-state index contributed by atoms with van der Waals surface area (Å²) >= 11 is 0. The van der Waals surface area contributed by atoms with E-state index in [0.29, 0.717) is 43.7 Å². The van der Waals surface area contributed by atoms with Crippen molar-refractivity contribution in [2.45, 2.75) is 13.3 Å². The Kier molecular flexibility index (Phi) is 8.13. The number of carbonyl (C=O) groups is 1. The van der Waals surface area contributed by atoms with Crippen LogP contribution in [0.15, 0.2) is 30.6 Å². The minimum atomic E-state index is -0.503. The fourth-order valence-electron chi connectivity index (χ4n) is 3.51. The first kappa shape index (κ1) is 23.6. The van der Waals surface area contributed by atoms with Gasteiger partial charge in [0, 0.05) is 33.2 Å². The van der Waals surface area contributed by atoms with Crippen molar-refractivity contribution >= 4 is 28.8 Å². The van der Waals surface area contributed by atoms with Gasteiger partial charge in [-0.05, 0) is 56.3 Å². The molecule has 0 radical (unpaired) electrons. The molecule has 0 fully saturated rings. The van der Waals surface area contributed by atoms with Gasteiger partial charge in [-0.15, -0.1) is 0 Å². The maximum absolute atomic E-state index is 15.4. The van der Waals surface area contributed by atoms with Crippen LogP contribution in [0.25, 0.3) is 11.0 Å². The Morgan fingerprint density at radius 3 is 2.66 bits per heavy atom. The number of likely N-dealkylation sites (N-methyl/N-ethyl adjacent to an activating group) is 1. The lowest BCUT2D eigenvalue weighted by Crippen LogP contribution is -2.35. The SMILES string of the molecule is CNCCN(C=O)CCNCCc1cc2c(ncn2C)c(F)c1Nc1ccc(C)cc1F. The summed E-state index contributed by atoms with van der Waals surface area (Å²) in [7, 11) is 3.65. The van der Waals surface area contributed by atoms with Crippen LogP contribution in [0.1, 0.15) is 11.1 Å².